The highest BCUT2D eigenvalue weighted by molar-refractivity contribution is 7.94. The van der Waals surface area contributed by atoms with Gasteiger partial charge < -0.3 is 0 Å². The van der Waals surface area contributed by atoms with E-state index in [0.717, 1.165) is 9.87 Å². The number of benzene rings is 2. The minimum atomic E-state index is -3.80. The van der Waals surface area contributed by atoms with Crippen LogP contribution in [0.1, 0.15) is 25.0 Å². The molecule has 1 saturated heterocycles. The molecule has 0 saturated carbocycles. The first-order valence-corrected chi connectivity index (χ1v) is 12.7. The van der Waals surface area contributed by atoms with E-state index in [1.165, 1.54) is 18.2 Å². The van der Waals surface area contributed by atoms with Gasteiger partial charge in [-0.3, -0.25) is 4.79 Å². The topological polar surface area (TPSA) is 101 Å². The molecule has 1 N–H and O–H groups in total. The van der Waals surface area contributed by atoms with Crippen LogP contribution in [-0.4, -0.2) is 35.0 Å². The molecule has 1 aliphatic rings. The summed E-state index contributed by atoms with van der Waals surface area (Å²) in [6.07, 6.45) is 0.489. The van der Waals surface area contributed by atoms with Gasteiger partial charge in [0.2, 0.25) is 26.0 Å². The normalized spacial score (nSPS) is 18.0. The largest absolute Gasteiger partial charge is 0.273 e. The van der Waals surface area contributed by atoms with Gasteiger partial charge in [-0.15, -0.1) is 0 Å². The van der Waals surface area contributed by atoms with E-state index < -0.39 is 31.4 Å². The van der Waals surface area contributed by atoms with Crippen molar-refractivity contribution in [2.75, 3.05) is 16.6 Å². The van der Waals surface area contributed by atoms with Gasteiger partial charge in [-0.1, -0.05) is 23.7 Å². The number of halogens is 1. The lowest BCUT2D eigenvalue weighted by atomic mass is 9.95. The fraction of sp³-hybridized carbons (Fsp3) is 0.350. The number of hydrogen-bond acceptors (Lipinski definition) is 5. The molecule has 2 aromatic rings. The molecule has 0 aliphatic carbocycles. The van der Waals surface area contributed by atoms with Crippen LogP contribution in [0.25, 0.3) is 0 Å². The predicted molar refractivity (Wildman–Crippen MR) is 117 cm³/mol. The quantitative estimate of drug-likeness (QED) is 0.699. The lowest BCUT2D eigenvalue weighted by molar-refractivity contribution is -0.123. The third-order valence-electron chi connectivity index (χ3n) is 4.89. The molecule has 0 aromatic heterocycles. The average molecular weight is 471 g/mol. The average Bonchev–Trinajstić information content (AvgIpc) is 2.79. The van der Waals surface area contributed by atoms with E-state index in [9.17, 15) is 21.6 Å². The fourth-order valence-electron chi connectivity index (χ4n) is 3.38. The Bertz CT molecular complexity index is 1190. The number of anilines is 1. The van der Waals surface area contributed by atoms with Crippen LogP contribution in [0.15, 0.2) is 47.4 Å². The van der Waals surface area contributed by atoms with Crippen LogP contribution in [0, 0.1) is 12.3 Å². The zero-order valence-electron chi connectivity index (χ0n) is 16.8. The molecule has 3 rings (SSSR count). The summed E-state index contributed by atoms with van der Waals surface area (Å²) in [5, 5.41) is 0.608. The van der Waals surface area contributed by atoms with E-state index in [0.29, 0.717) is 17.0 Å². The number of nitrogens with zero attached hydrogens (tertiary/aromatic N) is 1. The van der Waals surface area contributed by atoms with Crippen molar-refractivity contribution in [2.24, 2.45) is 5.41 Å². The zero-order valence-corrected chi connectivity index (χ0v) is 19.2. The number of sulfonamides is 2. The van der Waals surface area contributed by atoms with Crippen LogP contribution < -0.4 is 9.03 Å². The van der Waals surface area contributed by atoms with E-state index in [1.807, 2.05) is 12.1 Å². The maximum absolute atomic E-state index is 12.7. The summed E-state index contributed by atoms with van der Waals surface area (Å²) >= 11 is 5.84. The van der Waals surface area contributed by atoms with E-state index in [1.54, 1.807) is 32.9 Å². The van der Waals surface area contributed by atoms with Gasteiger partial charge in [-0.05, 0) is 68.7 Å². The molecule has 1 aliphatic heterocycles. The second-order valence-corrected chi connectivity index (χ2v) is 11.9. The molecule has 1 amide bonds. The highest BCUT2D eigenvalue weighted by Crippen LogP contribution is 2.36. The molecule has 0 bridgehead atoms. The Labute approximate surface area is 182 Å². The van der Waals surface area contributed by atoms with Crippen molar-refractivity contribution in [1.82, 2.24) is 4.72 Å². The molecule has 0 unspecified atom stereocenters. The number of carbonyl (C=O) groups excluding carboxylic acids is 1. The van der Waals surface area contributed by atoms with Gasteiger partial charge in [0.1, 0.15) is 0 Å². The summed E-state index contributed by atoms with van der Waals surface area (Å²) in [5.41, 5.74) is 0.401. The van der Waals surface area contributed by atoms with Crippen molar-refractivity contribution < 1.29 is 21.6 Å². The van der Waals surface area contributed by atoms with Crippen LogP contribution in [0.4, 0.5) is 5.69 Å². The SMILES string of the molecule is Cc1cc(N2C(=O)C(C)(C)CS2(=O)=O)ccc1S(=O)(=O)NCCc1ccc(Cl)cc1. The lowest BCUT2D eigenvalue weighted by Crippen LogP contribution is -2.33. The van der Waals surface area contributed by atoms with Gasteiger partial charge in [0.05, 0.1) is 21.8 Å². The first-order valence-electron chi connectivity index (χ1n) is 9.26. The second kappa shape index (κ2) is 7.96. The summed E-state index contributed by atoms with van der Waals surface area (Å²) in [5.74, 6) is -0.817. The van der Waals surface area contributed by atoms with Crippen molar-refractivity contribution in [3.63, 3.8) is 0 Å². The van der Waals surface area contributed by atoms with Gasteiger partial charge in [0.15, 0.2) is 0 Å². The highest BCUT2D eigenvalue weighted by atomic mass is 35.5. The molecule has 10 heteroatoms. The first kappa shape index (κ1) is 22.7. The Morgan fingerprint density at radius 3 is 2.30 bits per heavy atom. The Morgan fingerprint density at radius 1 is 1.13 bits per heavy atom. The van der Waals surface area contributed by atoms with E-state index in [-0.39, 0.29) is 22.9 Å². The molecule has 2 aromatic carbocycles. The zero-order chi connectivity index (χ0) is 22.3. The van der Waals surface area contributed by atoms with Crippen molar-refractivity contribution in [1.29, 1.82) is 0 Å². The van der Waals surface area contributed by atoms with Gasteiger partial charge >= 0.3 is 0 Å². The minimum Gasteiger partial charge on any atom is -0.273 e. The molecule has 1 heterocycles. The smallest absolute Gasteiger partial charge is 0.247 e. The Kier molecular flexibility index (Phi) is 6.03. The summed E-state index contributed by atoms with van der Waals surface area (Å²) in [6.45, 7) is 4.90. The number of carbonyl (C=O) groups is 1. The van der Waals surface area contributed by atoms with Gasteiger partial charge in [0, 0.05) is 11.6 Å². The molecular weight excluding hydrogens is 448 g/mol. The maximum atomic E-state index is 12.7. The number of aryl methyl sites for hydroxylation is 1. The van der Waals surface area contributed by atoms with Crippen molar-refractivity contribution in [3.8, 4) is 0 Å². The Balaban J connectivity index is 1.79. The van der Waals surface area contributed by atoms with Crippen LogP contribution in [-0.2, 0) is 31.3 Å². The van der Waals surface area contributed by atoms with Crippen molar-refractivity contribution >= 4 is 43.2 Å². The summed E-state index contributed by atoms with van der Waals surface area (Å²) in [4.78, 5) is 12.6. The molecule has 0 atom stereocenters. The Hall–Kier alpha value is -1.94. The third kappa shape index (κ3) is 4.54. The third-order valence-corrected chi connectivity index (χ3v) is 8.78. The van der Waals surface area contributed by atoms with Crippen LogP contribution >= 0.6 is 11.6 Å². The van der Waals surface area contributed by atoms with E-state index in [4.69, 9.17) is 11.6 Å². The van der Waals surface area contributed by atoms with Gasteiger partial charge in [0.25, 0.3) is 0 Å². The number of amides is 1. The molecule has 30 heavy (non-hydrogen) atoms. The summed E-state index contributed by atoms with van der Waals surface area (Å²) < 4.78 is 53.6. The van der Waals surface area contributed by atoms with Crippen molar-refractivity contribution in [2.45, 2.75) is 32.1 Å². The van der Waals surface area contributed by atoms with Crippen molar-refractivity contribution in [3.05, 3.63) is 58.6 Å². The molecule has 1 fully saturated rings. The standard InChI is InChI=1S/C20H23ClN2O5S2/c1-14-12-17(23-19(24)20(2,3)13-29(23,25)26)8-9-18(14)30(27,28)22-11-10-15-4-6-16(21)7-5-15/h4-9,12,22H,10-11,13H2,1-3H3. The number of nitrogens with one attached hydrogen (secondary N) is 1. The highest BCUT2D eigenvalue weighted by Gasteiger charge is 2.50. The predicted octanol–water partition coefficient (Wildman–Crippen LogP) is 2.87. The van der Waals surface area contributed by atoms with Crippen LogP contribution in [0.2, 0.25) is 5.02 Å². The maximum Gasteiger partial charge on any atom is 0.247 e. The monoisotopic (exact) mass is 470 g/mol. The molecular formula is C20H23ClN2O5S2. The first-order chi connectivity index (χ1) is 13.8. The van der Waals surface area contributed by atoms with Crippen LogP contribution in [0.3, 0.4) is 0 Å². The number of hydrogen-bond donors (Lipinski definition) is 1. The summed E-state index contributed by atoms with van der Waals surface area (Å²) in [6, 6.07) is 11.2. The van der Waals surface area contributed by atoms with Crippen LogP contribution in [0.5, 0.6) is 0 Å². The fourth-order valence-corrected chi connectivity index (χ4v) is 6.86. The number of rotatable bonds is 6. The second-order valence-electron chi connectivity index (χ2n) is 7.93. The molecule has 7 nitrogen and oxygen atoms in total. The molecule has 162 valence electrons. The molecule has 0 radical (unpaired) electrons. The lowest BCUT2D eigenvalue weighted by Gasteiger charge is -2.19. The molecule has 0 spiro atoms. The minimum absolute atomic E-state index is 0.0330. The summed E-state index contributed by atoms with van der Waals surface area (Å²) in [7, 11) is -7.60. The van der Waals surface area contributed by atoms with Gasteiger partial charge in [-0.25, -0.2) is 25.9 Å². The van der Waals surface area contributed by atoms with Gasteiger partial charge in [-0.2, -0.15) is 0 Å². The van der Waals surface area contributed by atoms with E-state index in [2.05, 4.69) is 4.72 Å². The Morgan fingerprint density at radius 2 is 1.77 bits per heavy atom. The van der Waals surface area contributed by atoms with E-state index >= 15 is 0 Å².